The van der Waals surface area contributed by atoms with Gasteiger partial charge in [0.05, 0.1) is 0 Å². The molecule has 0 rings (SSSR count). The van der Waals surface area contributed by atoms with Gasteiger partial charge in [-0.2, -0.15) is 17.6 Å². The van der Waals surface area contributed by atoms with Crippen molar-refractivity contribution in [1.29, 1.82) is 0 Å². The van der Waals surface area contributed by atoms with Gasteiger partial charge in [-0.3, -0.25) is 0 Å². The van der Waals surface area contributed by atoms with Crippen molar-refractivity contribution in [3.05, 3.63) is 12.2 Å². The largest absolute Gasteiger partial charge is 0.366 e. The lowest BCUT2D eigenvalue weighted by atomic mass is 10.1. The van der Waals surface area contributed by atoms with E-state index in [0.717, 1.165) is 0 Å². The first-order chi connectivity index (χ1) is 5.67. The lowest BCUT2D eigenvalue weighted by Gasteiger charge is -2.25. The second-order valence-corrected chi connectivity index (χ2v) is 2.27. The van der Waals surface area contributed by atoms with Crippen molar-refractivity contribution in [2.45, 2.75) is 24.9 Å². The average molecular weight is 210 g/mol. The van der Waals surface area contributed by atoms with Gasteiger partial charge in [-0.15, -0.1) is 0 Å². The van der Waals surface area contributed by atoms with E-state index in [0.29, 0.717) is 0 Å². The van der Waals surface area contributed by atoms with E-state index in [1.54, 1.807) is 0 Å². The lowest BCUT2D eigenvalue weighted by Crippen LogP contribution is -2.47. The molecule has 0 nitrogen and oxygen atoms in total. The average Bonchev–Trinajstić information content (AvgIpc) is 2.02. The first-order valence-electron chi connectivity index (χ1n) is 3.04. The van der Waals surface area contributed by atoms with E-state index >= 15 is 0 Å². The van der Waals surface area contributed by atoms with Crippen molar-refractivity contribution in [3.8, 4) is 0 Å². The molecular weight excluding hydrogens is 205 g/mol. The third kappa shape index (κ3) is 1.94. The van der Waals surface area contributed by atoms with Crippen molar-refractivity contribution in [3.63, 3.8) is 0 Å². The van der Waals surface area contributed by atoms with Crippen LogP contribution < -0.4 is 0 Å². The monoisotopic (exact) mass is 210 g/mol. The Balaban J connectivity index is 5.03. The molecule has 0 fully saturated rings. The summed E-state index contributed by atoms with van der Waals surface area (Å²) < 4.78 is 83.7. The molecule has 0 spiro atoms. The van der Waals surface area contributed by atoms with E-state index in [1.807, 2.05) is 0 Å². The van der Waals surface area contributed by atoms with Crippen LogP contribution in [0.15, 0.2) is 12.2 Å². The van der Waals surface area contributed by atoms with Crippen LogP contribution in [0.5, 0.6) is 0 Å². The van der Waals surface area contributed by atoms with Crippen LogP contribution in [0.25, 0.3) is 0 Å². The van der Waals surface area contributed by atoms with Crippen molar-refractivity contribution in [2.75, 3.05) is 0 Å². The number of halogens is 7. The predicted octanol–water partition coefficient (Wildman–Crippen LogP) is 3.40. The van der Waals surface area contributed by atoms with Gasteiger partial charge in [-0.25, -0.2) is 13.2 Å². The van der Waals surface area contributed by atoms with E-state index in [1.165, 1.54) is 0 Å². The highest BCUT2D eigenvalue weighted by molar-refractivity contribution is 5.09. The highest BCUT2D eigenvalue weighted by Crippen LogP contribution is 2.43. The number of hydrogen-bond acceptors (Lipinski definition) is 0. The molecular formula is C6H5F7. The van der Waals surface area contributed by atoms with Crippen molar-refractivity contribution >= 4 is 0 Å². The number of alkyl halides is 5. The van der Waals surface area contributed by atoms with Gasteiger partial charge in [-0.1, -0.05) is 0 Å². The van der Waals surface area contributed by atoms with Gasteiger partial charge in [0.1, 0.15) is 6.33 Å². The summed E-state index contributed by atoms with van der Waals surface area (Å²) in [5, 5.41) is 0. The fourth-order valence-corrected chi connectivity index (χ4v) is 0.478. The van der Waals surface area contributed by atoms with E-state index in [2.05, 4.69) is 0 Å². The van der Waals surface area contributed by atoms with Gasteiger partial charge >= 0.3 is 11.8 Å². The summed E-state index contributed by atoms with van der Waals surface area (Å²) in [5.74, 6) is -13.7. The molecule has 0 saturated heterocycles. The van der Waals surface area contributed by atoms with Crippen LogP contribution in [0.2, 0.25) is 0 Å². The maximum atomic E-state index is 12.2. The Labute approximate surface area is 69.0 Å². The fraction of sp³-hybridized carbons (Fsp3) is 0.667. The summed E-state index contributed by atoms with van der Waals surface area (Å²) in [7, 11) is 0. The molecule has 0 bridgehead atoms. The molecule has 0 aromatic rings. The van der Waals surface area contributed by atoms with Crippen molar-refractivity contribution in [1.82, 2.24) is 0 Å². The standard InChI is InChI=1S/C6H5F7/c1-3(8)5(10,11)6(12,13)4(9)2-7/h2-3H,1H3. The summed E-state index contributed by atoms with van der Waals surface area (Å²) >= 11 is 0. The second kappa shape index (κ2) is 3.55. The SMILES string of the molecule is CC(F)C(F)(F)C(F)(F)C(F)=CF. The quantitative estimate of drug-likeness (QED) is 0.626. The maximum absolute atomic E-state index is 12.2. The van der Waals surface area contributed by atoms with Crippen LogP contribution in [0, 0.1) is 0 Å². The molecule has 0 amide bonds. The van der Waals surface area contributed by atoms with E-state index < -0.39 is 30.2 Å². The number of allylic oxidation sites excluding steroid dienone is 1. The van der Waals surface area contributed by atoms with E-state index in [9.17, 15) is 30.7 Å². The van der Waals surface area contributed by atoms with Crippen molar-refractivity contribution < 1.29 is 30.7 Å². The Kier molecular flexibility index (Phi) is 3.34. The number of rotatable bonds is 3. The minimum Gasteiger partial charge on any atom is -0.241 e. The van der Waals surface area contributed by atoms with E-state index in [4.69, 9.17) is 0 Å². The van der Waals surface area contributed by atoms with Gasteiger partial charge in [0, 0.05) is 0 Å². The third-order valence-corrected chi connectivity index (χ3v) is 1.31. The topological polar surface area (TPSA) is 0 Å². The zero-order chi connectivity index (χ0) is 10.9. The van der Waals surface area contributed by atoms with Gasteiger partial charge in [0.15, 0.2) is 6.17 Å². The Bertz CT molecular complexity index is 205. The first kappa shape index (κ1) is 12.2. The number of hydrogen-bond donors (Lipinski definition) is 0. The Morgan fingerprint density at radius 1 is 1.23 bits per heavy atom. The molecule has 78 valence electrons. The maximum Gasteiger partial charge on any atom is 0.366 e. The Morgan fingerprint density at radius 3 is 1.85 bits per heavy atom. The van der Waals surface area contributed by atoms with Crippen LogP contribution in [0.3, 0.4) is 0 Å². The molecule has 0 N–H and O–H groups in total. The van der Waals surface area contributed by atoms with E-state index in [-0.39, 0.29) is 6.92 Å². The molecule has 0 aliphatic carbocycles. The summed E-state index contributed by atoms with van der Waals surface area (Å²) in [6.45, 7) is 0.124. The third-order valence-electron chi connectivity index (χ3n) is 1.31. The van der Waals surface area contributed by atoms with Crippen LogP contribution in [0.4, 0.5) is 30.7 Å². The molecule has 1 atom stereocenters. The molecule has 0 saturated carbocycles. The molecule has 0 radical (unpaired) electrons. The highest BCUT2D eigenvalue weighted by Gasteiger charge is 2.63. The van der Waals surface area contributed by atoms with Gasteiger partial charge in [0.2, 0.25) is 5.83 Å². The molecule has 7 heteroatoms. The van der Waals surface area contributed by atoms with Gasteiger partial charge < -0.3 is 0 Å². The Morgan fingerprint density at radius 2 is 1.62 bits per heavy atom. The minimum absolute atomic E-state index is 0.124. The molecule has 0 aliphatic heterocycles. The molecule has 0 heterocycles. The molecule has 1 unspecified atom stereocenters. The van der Waals surface area contributed by atoms with Crippen LogP contribution in [0.1, 0.15) is 6.92 Å². The molecule has 0 aromatic carbocycles. The summed E-state index contributed by atoms with van der Waals surface area (Å²) in [5.41, 5.74) is 0. The first-order valence-corrected chi connectivity index (χ1v) is 3.04. The smallest absolute Gasteiger partial charge is 0.241 e. The highest BCUT2D eigenvalue weighted by atomic mass is 19.3. The summed E-state index contributed by atoms with van der Waals surface area (Å²) in [4.78, 5) is 0. The predicted molar refractivity (Wildman–Crippen MR) is 30.8 cm³/mol. The second-order valence-electron chi connectivity index (χ2n) is 2.27. The van der Waals surface area contributed by atoms with Gasteiger partial charge in [0.25, 0.3) is 0 Å². The van der Waals surface area contributed by atoms with Crippen molar-refractivity contribution in [2.24, 2.45) is 0 Å². The summed E-state index contributed by atoms with van der Waals surface area (Å²) in [6.07, 6.45) is -4.61. The Hall–Kier alpha value is -0.750. The van der Waals surface area contributed by atoms with Crippen LogP contribution in [-0.4, -0.2) is 18.0 Å². The molecule has 13 heavy (non-hydrogen) atoms. The molecule has 0 aromatic heterocycles. The molecule has 0 aliphatic rings. The van der Waals surface area contributed by atoms with Crippen LogP contribution in [-0.2, 0) is 0 Å². The minimum atomic E-state index is -5.46. The summed E-state index contributed by atoms with van der Waals surface area (Å²) in [6, 6.07) is 0. The zero-order valence-electron chi connectivity index (χ0n) is 6.30. The fourth-order valence-electron chi connectivity index (χ4n) is 0.478. The lowest BCUT2D eigenvalue weighted by molar-refractivity contribution is -0.223. The van der Waals surface area contributed by atoms with Gasteiger partial charge in [-0.05, 0) is 6.92 Å². The normalized spacial score (nSPS) is 17.4. The zero-order valence-corrected chi connectivity index (χ0v) is 6.30. The van der Waals surface area contributed by atoms with Crippen LogP contribution >= 0.6 is 0 Å².